The highest BCUT2D eigenvalue weighted by Gasteiger charge is 2.33. The van der Waals surface area contributed by atoms with Gasteiger partial charge in [-0.1, -0.05) is 28.8 Å². The first kappa shape index (κ1) is 17.0. The van der Waals surface area contributed by atoms with E-state index in [-0.39, 0.29) is 4.75 Å². The van der Waals surface area contributed by atoms with Crippen LogP contribution in [0.1, 0.15) is 43.7 Å². The van der Waals surface area contributed by atoms with Crippen LogP contribution >= 0.6 is 27.7 Å². The fourth-order valence-electron chi connectivity index (χ4n) is 3.02. The Hall–Kier alpha value is -0.350. The molecule has 2 nitrogen and oxygen atoms in total. The molecule has 1 heterocycles. The number of hydrogen-bond donors (Lipinski definition) is 0. The van der Waals surface area contributed by atoms with E-state index >= 15 is 0 Å². The molecule has 0 amide bonds. The molecule has 0 saturated heterocycles. The molecule has 0 aliphatic carbocycles. The number of fused-ring (bicyclic) bond motifs is 1. The number of benzene rings is 1. The average molecular weight is 373 g/mol. The lowest BCUT2D eigenvalue weighted by atomic mass is 9.88. The average Bonchev–Trinajstić information content (AvgIpc) is 2.51. The van der Waals surface area contributed by atoms with Crippen LogP contribution in [0.4, 0.5) is 0 Å². The third-order valence-corrected chi connectivity index (χ3v) is 6.29. The SMILES string of the molecule is COc1cc2c(cc1OC)C(C)(CCCCCBr)SCC2. The van der Waals surface area contributed by atoms with Crippen LogP contribution in [0.2, 0.25) is 0 Å². The van der Waals surface area contributed by atoms with Gasteiger partial charge < -0.3 is 9.47 Å². The van der Waals surface area contributed by atoms with Gasteiger partial charge in [0.05, 0.1) is 14.2 Å². The van der Waals surface area contributed by atoms with Crippen molar-refractivity contribution in [1.82, 2.24) is 0 Å². The molecule has 0 radical (unpaired) electrons. The topological polar surface area (TPSA) is 18.5 Å². The summed E-state index contributed by atoms with van der Waals surface area (Å²) >= 11 is 5.60. The number of hydrogen-bond acceptors (Lipinski definition) is 3. The van der Waals surface area contributed by atoms with Crippen LogP contribution in [0.5, 0.6) is 11.5 Å². The minimum absolute atomic E-state index is 0.208. The van der Waals surface area contributed by atoms with Crippen molar-refractivity contribution in [3.8, 4) is 11.5 Å². The number of halogens is 1. The van der Waals surface area contributed by atoms with Gasteiger partial charge in [0.15, 0.2) is 11.5 Å². The zero-order valence-corrected chi connectivity index (χ0v) is 15.6. The highest BCUT2D eigenvalue weighted by Crippen LogP contribution is 2.48. The lowest BCUT2D eigenvalue weighted by Gasteiger charge is -2.36. The molecule has 118 valence electrons. The Morgan fingerprint density at radius 1 is 1.14 bits per heavy atom. The summed E-state index contributed by atoms with van der Waals surface area (Å²) in [5.74, 6) is 2.90. The minimum atomic E-state index is 0.208. The largest absolute Gasteiger partial charge is 0.493 e. The molecule has 1 unspecified atom stereocenters. The third kappa shape index (κ3) is 3.89. The molecule has 2 rings (SSSR count). The summed E-state index contributed by atoms with van der Waals surface area (Å²) in [6.45, 7) is 2.38. The maximum atomic E-state index is 5.50. The number of thioether (sulfide) groups is 1. The van der Waals surface area contributed by atoms with E-state index < -0.39 is 0 Å². The maximum absolute atomic E-state index is 5.50. The minimum Gasteiger partial charge on any atom is -0.493 e. The second kappa shape index (κ2) is 7.77. The molecule has 0 fully saturated rings. The van der Waals surface area contributed by atoms with E-state index in [1.807, 2.05) is 0 Å². The van der Waals surface area contributed by atoms with Crippen LogP contribution in [-0.2, 0) is 11.2 Å². The first-order valence-electron chi connectivity index (χ1n) is 7.60. The van der Waals surface area contributed by atoms with E-state index in [2.05, 4.69) is 46.7 Å². The van der Waals surface area contributed by atoms with Gasteiger partial charge in [0, 0.05) is 10.1 Å². The van der Waals surface area contributed by atoms with Crippen molar-refractivity contribution in [2.75, 3.05) is 25.3 Å². The summed E-state index contributed by atoms with van der Waals surface area (Å²) in [5, 5.41) is 1.11. The highest BCUT2D eigenvalue weighted by atomic mass is 79.9. The molecular formula is C17H25BrO2S. The van der Waals surface area contributed by atoms with Crippen LogP contribution in [-0.4, -0.2) is 25.3 Å². The normalized spacial score (nSPS) is 21.0. The summed E-state index contributed by atoms with van der Waals surface area (Å²) in [6, 6.07) is 4.37. The van der Waals surface area contributed by atoms with Gasteiger partial charge >= 0.3 is 0 Å². The molecule has 0 aromatic heterocycles. The molecule has 1 aliphatic rings. The van der Waals surface area contributed by atoms with E-state index in [1.54, 1.807) is 14.2 Å². The number of rotatable bonds is 7. The van der Waals surface area contributed by atoms with E-state index in [0.29, 0.717) is 0 Å². The predicted molar refractivity (Wildman–Crippen MR) is 95.3 cm³/mol. The first-order chi connectivity index (χ1) is 10.1. The Kier molecular flexibility index (Phi) is 6.30. The zero-order chi connectivity index (χ0) is 15.3. The summed E-state index contributed by atoms with van der Waals surface area (Å²) in [6.07, 6.45) is 6.19. The lowest BCUT2D eigenvalue weighted by molar-refractivity contribution is 0.353. The molecule has 0 N–H and O–H groups in total. The zero-order valence-electron chi connectivity index (χ0n) is 13.2. The van der Waals surface area contributed by atoms with Gasteiger partial charge in [0.25, 0.3) is 0 Å². The maximum Gasteiger partial charge on any atom is 0.161 e. The number of ether oxygens (including phenoxy) is 2. The van der Waals surface area contributed by atoms with E-state index in [1.165, 1.54) is 42.6 Å². The quantitative estimate of drug-likeness (QED) is 0.486. The number of alkyl halides is 1. The number of aryl methyl sites for hydroxylation is 1. The molecule has 1 aromatic rings. The van der Waals surface area contributed by atoms with Crippen LogP contribution in [0.25, 0.3) is 0 Å². The standard InChI is InChI=1S/C17H25BrO2S/c1-17(8-5-4-6-9-18)14-12-16(20-3)15(19-2)11-13(14)7-10-21-17/h11-12H,4-10H2,1-3H3. The summed E-state index contributed by atoms with van der Waals surface area (Å²) in [5.41, 5.74) is 2.87. The van der Waals surface area contributed by atoms with Crippen molar-refractivity contribution in [2.24, 2.45) is 0 Å². The Morgan fingerprint density at radius 3 is 2.52 bits per heavy atom. The fourth-order valence-corrected chi connectivity index (χ4v) is 4.83. The van der Waals surface area contributed by atoms with Gasteiger partial charge in [-0.25, -0.2) is 0 Å². The Bertz CT molecular complexity index is 478. The van der Waals surface area contributed by atoms with Crippen molar-refractivity contribution in [3.05, 3.63) is 23.3 Å². The lowest BCUT2D eigenvalue weighted by Crippen LogP contribution is -2.25. The molecule has 4 heteroatoms. The Balaban J connectivity index is 2.24. The summed E-state index contributed by atoms with van der Waals surface area (Å²) in [4.78, 5) is 0. The van der Waals surface area contributed by atoms with Crippen molar-refractivity contribution in [1.29, 1.82) is 0 Å². The van der Waals surface area contributed by atoms with Crippen molar-refractivity contribution in [3.63, 3.8) is 0 Å². The van der Waals surface area contributed by atoms with Crippen LogP contribution in [0.3, 0.4) is 0 Å². The van der Waals surface area contributed by atoms with E-state index in [0.717, 1.165) is 23.2 Å². The van der Waals surface area contributed by atoms with Gasteiger partial charge in [-0.05, 0) is 55.2 Å². The van der Waals surface area contributed by atoms with Gasteiger partial charge in [0.2, 0.25) is 0 Å². The second-order valence-electron chi connectivity index (χ2n) is 5.69. The van der Waals surface area contributed by atoms with Gasteiger partial charge in [-0.3, -0.25) is 0 Å². The smallest absolute Gasteiger partial charge is 0.161 e. The molecule has 0 bridgehead atoms. The molecule has 0 spiro atoms. The Labute approximate surface area is 141 Å². The van der Waals surface area contributed by atoms with E-state index in [4.69, 9.17) is 9.47 Å². The molecule has 0 saturated carbocycles. The monoisotopic (exact) mass is 372 g/mol. The van der Waals surface area contributed by atoms with Gasteiger partial charge in [-0.2, -0.15) is 11.8 Å². The highest BCUT2D eigenvalue weighted by molar-refractivity contribution is 9.09. The predicted octanol–water partition coefficient (Wildman–Crippen LogP) is 5.16. The molecule has 1 aromatic carbocycles. The number of methoxy groups -OCH3 is 2. The summed E-state index contributed by atoms with van der Waals surface area (Å²) < 4.78 is 11.2. The third-order valence-electron chi connectivity index (χ3n) is 4.26. The fraction of sp³-hybridized carbons (Fsp3) is 0.647. The second-order valence-corrected chi connectivity index (χ2v) is 8.08. The molecule has 1 atom stereocenters. The van der Waals surface area contributed by atoms with Crippen LogP contribution < -0.4 is 9.47 Å². The first-order valence-corrected chi connectivity index (χ1v) is 9.70. The molecular weight excluding hydrogens is 348 g/mol. The Morgan fingerprint density at radius 2 is 1.86 bits per heavy atom. The van der Waals surface area contributed by atoms with Gasteiger partial charge in [0.1, 0.15) is 0 Å². The van der Waals surface area contributed by atoms with Crippen molar-refractivity contribution in [2.45, 2.75) is 43.8 Å². The van der Waals surface area contributed by atoms with E-state index in [9.17, 15) is 0 Å². The van der Waals surface area contributed by atoms with Crippen molar-refractivity contribution >= 4 is 27.7 Å². The van der Waals surface area contributed by atoms with Crippen LogP contribution in [0.15, 0.2) is 12.1 Å². The summed E-state index contributed by atoms with van der Waals surface area (Å²) in [7, 11) is 3.43. The van der Waals surface area contributed by atoms with Crippen LogP contribution in [0, 0.1) is 0 Å². The number of unbranched alkanes of at least 4 members (excludes halogenated alkanes) is 2. The van der Waals surface area contributed by atoms with Gasteiger partial charge in [-0.15, -0.1) is 0 Å². The molecule has 21 heavy (non-hydrogen) atoms. The molecule has 1 aliphatic heterocycles. The van der Waals surface area contributed by atoms with Crippen molar-refractivity contribution < 1.29 is 9.47 Å².